The van der Waals surface area contributed by atoms with E-state index in [-0.39, 0.29) is 24.2 Å². The molecule has 1 fully saturated rings. The van der Waals surface area contributed by atoms with Crippen molar-refractivity contribution in [2.24, 2.45) is 5.73 Å². The maximum Gasteiger partial charge on any atom is 0.0695 e. The summed E-state index contributed by atoms with van der Waals surface area (Å²) in [7, 11) is 2.10. The number of nitrogens with zero attached hydrogens (tertiary/aromatic N) is 1. The molecule has 0 aliphatic heterocycles. The molecule has 108 valence electrons. The Kier molecular flexibility index (Phi) is 5.43. The molecule has 0 saturated heterocycles. The van der Waals surface area contributed by atoms with Crippen molar-refractivity contribution in [1.82, 2.24) is 4.90 Å². The smallest absolute Gasteiger partial charge is 0.0695 e. The number of nitrogens with two attached hydrogens (primary N) is 1. The topological polar surface area (TPSA) is 49.5 Å². The fourth-order valence-corrected chi connectivity index (χ4v) is 4.80. The van der Waals surface area contributed by atoms with E-state index in [9.17, 15) is 5.11 Å². The minimum Gasteiger partial charge on any atom is -0.391 e. The molecule has 0 spiro atoms. The third-order valence-corrected chi connectivity index (χ3v) is 5.80. The van der Waals surface area contributed by atoms with Crippen molar-refractivity contribution in [2.45, 2.75) is 56.8 Å². The lowest BCUT2D eigenvalue weighted by atomic mass is 9.90. The first-order valence-electron chi connectivity index (χ1n) is 6.90. The zero-order valence-corrected chi connectivity index (χ0v) is 14.0. The minimum atomic E-state index is -0.219. The Balaban J connectivity index is 2.18. The van der Waals surface area contributed by atoms with Gasteiger partial charge in [-0.2, -0.15) is 0 Å². The highest BCUT2D eigenvalue weighted by Crippen LogP contribution is 2.34. The molecule has 1 aromatic heterocycles. The number of rotatable bonds is 4. The van der Waals surface area contributed by atoms with Gasteiger partial charge in [-0.25, -0.2) is 0 Å². The van der Waals surface area contributed by atoms with Gasteiger partial charge in [0, 0.05) is 26.8 Å². The molecule has 4 unspecified atom stereocenters. The Labute approximate surface area is 127 Å². The van der Waals surface area contributed by atoms with E-state index in [0.29, 0.717) is 0 Å². The molecule has 0 aromatic carbocycles. The highest BCUT2D eigenvalue weighted by atomic mass is 79.9. The van der Waals surface area contributed by atoms with Crippen molar-refractivity contribution < 1.29 is 5.11 Å². The number of aliphatic hydroxyl groups excluding tert-OH is 1. The van der Waals surface area contributed by atoms with E-state index in [1.165, 1.54) is 11.3 Å². The lowest BCUT2D eigenvalue weighted by Gasteiger charge is -2.41. The predicted molar refractivity (Wildman–Crippen MR) is 84.4 cm³/mol. The van der Waals surface area contributed by atoms with Gasteiger partial charge in [0.25, 0.3) is 0 Å². The number of thiophene rings is 1. The SMILES string of the molecule is CC(N)C(c1cc(Br)cs1)N(C)C1CCCCC1O. The van der Waals surface area contributed by atoms with Crippen LogP contribution in [0.4, 0.5) is 0 Å². The Hall–Kier alpha value is 0.0600. The second-order valence-electron chi connectivity index (χ2n) is 5.56. The molecular formula is C14H23BrN2OS. The molecule has 1 aliphatic rings. The fraction of sp³-hybridized carbons (Fsp3) is 0.714. The Morgan fingerprint density at radius 1 is 1.47 bits per heavy atom. The molecule has 1 aromatic rings. The van der Waals surface area contributed by atoms with Crippen LogP contribution in [0.2, 0.25) is 0 Å². The van der Waals surface area contributed by atoms with E-state index in [1.807, 2.05) is 6.92 Å². The lowest BCUT2D eigenvalue weighted by Crippen LogP contribution is -2.48. The van der Waals surface area contributed by atoms with Crippen LogP contribution < -0.4 is 5.73 Å². The van der Waals surface area contributed by atoms with Crippen molar-refractivity contribution in [2.75, 3.05) is 7.05 Å². The van der Waals surface area contributed by atoms with E-state index in [1.54, 1.807) is 11.3 Å². The van der Waals surface area contributed by atoms with Gasteiger partial charge >= 0.3 is 0 Å². The average molecular weight is 347 g/mol. The van der Waals surface area contributed by atoms with Gasteiger partial charge in [0.05, 0.1) is 12.1 Å². The molecule has 0 radical (unpaired) electrons. The molecule has 19 heavy (non-hydrogen) atoms. The zero-order chi connectivity index (χ0) is 14.0. The Morgan fingerprint density at radius 2 is 2.16 bits per heavy atom. The van der Waals surface area contributed by atoms with Crippen molar-refractivity contribution in [3.8, 4) is 0 Å². The Morgan fingerprint density at radius 3 is 2.68 bits per heavy atom. The first-order valence-corrected chi connectivity index (χ1v) is 8.57. The van der Waals surface area contributed by atoms with Gasteiger partial charge in [-0.3, -0.25) is 4.90 Å². The molecule has 3 N–H and O–H groups in total. The predicted octanol–water partition coefficient (Wildman–Crippen LogP) is 3.13. The summed E-state index contributed by atoms with van der Waals surface area (Å²) < 4.78 is 1.11. The highest BCUT2D eigenvalue weighted by molar-refractivity contribution is 9.10. The molecule has 1 heterocycles. The Bertz CT molecular complexity index is 410. The third-order valence-electron chi connectivity index (χ3n) is 4.03. The number of aliphatic hydroxyl groups is 1. The summed E-state index contributed by atoms with van der Waals surface area (Å²) in [6.45, 7) is 2.05. The maximum atomic E-state index is 10.2. The van der Waals surface area contributed by atoms with Gasteiger partial charge in [-0.1, -0.05) is 12.8 Å². The van der Waals surface area contributed by atoms with Crippen LogP contribution in [0, 0.1) is 0 Å². The van der Waals surface area contributed by atoms with Crippen LogP contribution in [0.1, 0.15) is 43.5 Å². The van der Waals surface area contributed by atoms with Crippen molar-refractivity contribution in [1.29, 1.82) is 0 Å². The van der Waals surface area contributed by atoms with Crippen LogP contribution in [0.5, 0.6) is 0 Å². The number of hydrogen-bond acceptors (Lipinski definition) is 4. The largest absolute Gasteiger partial charge is 0.391 e. The molecular weight excluding hydrogens is 324 g/mol. The maximum absolute atomic E-state index is 10.2. The standard InChI is InChI=1S/C14H23BrN2OS/c1-9(16)14(13-7-10(15)8-19-13)17(2)11-5-3-4-6-12(11)18/h7-9,11-12,14,18H,3-6,16H2,1-2H3. The van der Waals surface area contributed by atoms with E-state index < -0.39 is 0 Å². The molecule has 5 heteroatoms. The van der Waals surface area contributed by atoms with Gasteiger partial charge in [-0.05, 0) is 48.8 Å². The number of halogens is 1. The summed E-state index contributed by atoms with van der Waals surface area (Å²) >= 11 is 5.24. The summed E-state index contributed by atoms with van der Waals surface area (Å²) in [6.07, 6.45) is 4.09. The molecule has 0 bridgehead atoms. The number of likely N-dealkylation sites (N-methyl/N-ethyl adjacent to an activating group) is 1. The first kappa shape index (κ1) is 15.4. The summed E-state index contributed by atoms with van der Waals surface area (Å²) in [5, 5.41) is 12.3. The number of hydrogen-bond donors (Lipinski definition) is 2. The molecule has 2 rings (SSSR count). The van der Waals surface area contributed by atoms with Gasteiger partial charge in [0.15, 0.2) is 0 Å². The second kappa shape index (κ2) is 6.68. The molecule has 1 saturated carbocycles. The van der Waals surface area contributed by atoms with Crippen LogP contribution in [0.15, 0.2) is 15.9 Å². The van der Waals surface area contributed by atoms with E-state index >= 15 is 0 Å². The van der Waals surface area contributed by atoms with Crippen molar-refractivity contribution in [3.63, 3.8) is 0 Å². The van der Waals surface area contributed by atoms with Gasteiger partial charge in [-0.15, -0.1) is 11.3 Å². The van der Waals surface area contributed by atoms with Gasteiger partial charge < -0.3 is 10.8 Å². The second-order valence-corrected chi connectivity index (χ2v) is 7.41. The summed E-state index contributed by atoms with van der Waals surface area (Å²) in [4.78, 5) is 3.55. The van der Waals surface area contributed by atoms with Crippen LogP contribution >= 0.6 is 27.3 Å². The fourth-order valence-electron chi connectivity index (χ4n) is 3.09. The molecule has 0 amide bonds. The molecule has 3 nitrogen and oxygen atoms in total. The zero-order valence-electron chi connectivity index (χ0n) is 11.6. The summed E-state index contributed by atoms with van der Waals surface area (Å²) in [5.41, 5.74) is 6.20. The monoisotopic (exact) mass is 346 g/mol. The van der Waals surface area contributed by atoms with Gasteiger partial charge in [0.2, 0.25) is 0 Å². The first-order chi connectivity index (χ1) is 9.00. The highest BCUT2D eigenvalue weighted by Gasteiger charge is 2.33. The van der Waals surface area contributed by atoms with Crippen molar-refractivity contribution in [3.05, 3.63) is 20.8 Å². The normalized spacial score (nSPS) is 27.5. The average Bonchev–Trinajstić information content (AvgIpc) is 2.75. The van der Waals surface area contributed by atoms with Gasteiger partial charge in [0.1, 0.15) is 0 Å². The van der Waals surface area contributed by atoms with E-state index in [2.05, 4.69) is 39.3 Å². The molecule has 4 atom stereocenters. The van der Waals surface area contributed by atoms with Crippen molar-refractivity contribution >= 4 is 27.3 Å². The van der Waals surface area contributed by atoms with E-state index in [0.717, 1.165) is 23.7 Å². The van der Waals surface area contributed by atoms with Crippen LogP contribution in [0.3, 0.4) is 0 Å². The minimum absolute atomic E-state index is 0.0460. The quantitative estimate of drug-likeness (QED) is 0.880. The lowest BCUT2D eigenvalue weighted by molar-refractivity contribution is 0.00864. The third kappa shape index (κ3) is 3.58. The van der Waals surface area contributed by atoms with Crippen LogP contribution in [-0.2, 0) is 0 Å². The van der Waals surface area contributed by atoms with Crippen LogP contribution in [0.25, 0.3) is 0 Å². The van der Waals surface area contributed by atoms with E-state index in [4.69, 9.17) is 5.73 Å². The summed E-state index contributed by atoms with van der Waals surface area (Å²) in [6, 6.07) is 2.59. The summed E-state index contributed by atoms with van der Waals surface area (Å²) in [5.74, 6) is 0. The van der Waals surface area contributed by atoms with Crippen LogP contribution in [-0.4, -0.2) is 35.2 Å². The molecule has 1 aliphatic carbocycles.